The number of phosphoric acid groups is 2. The number of aliphatic hydroxyl groups excluding tert-OH is 2. The second-order valence-corrected chi connectivity index (χ2v) is 15.7. The van der Waals surface area contributed by atoms with Crippen molar-refractivity contribution in [3.63, 3.8) is 0 Å². The van der Waals surface area contributed by atoms with Crippen molar-refractivity contribution in [3.05, 3.63) is 38.0 Å². The molecule has 8 rings (SSSR count). The first-order chi connectivity index (χ1) is 28.2. The lowest BCUT2D eigenvalue weighted by molar-refractivity contribution is -0.235. The lowest BCUT2D eigenvalue weighted by atomic mass is 9.88. The molecule has 0 spiro atoms. The maximum atomic E-state index is 13.5. The van der Waals surface area contributed by atoms with E-state index in [-0.39, 0.29) is 59.7 Å². The Morgan fingerprint density at radius 3 is 1.92 bits per heavy atom. The molecule has 0 amide bonds. The summed E-state index contributed by atoms with van der Waals surface area (Å²) < 4.78 is 63.7. The van der Waals surface area contributed by atoms with Crippen molar-refractivity contribution < 1.29 is 61.8 Å². The summed E-state index contributed by atoms with van der Waals surface area (Å²) in [6.45, 7) is -1.21. The minimum atomic E-state index is -5.78. The van der Waals surface area contributed by atoms with Gasteiger partial charge in [-0.2, -0.15) is 0 Å². The number of anilines is 3. The highest BCUT2D eigenvalue weighted by Crippen LogP contribution is 2.53. The molecule has 0 aliphatic carbocycles. The molecule has 2 aliphatic heterocycles. The standard InChI is InChI=1S/C28H36N16O13P2/c29-3-11-16(45)12(27(54-11)43-8-40-14-22(31)34-5-37-25(14)43)18(56-58(47,48)49)19-17(46)20(28(55-19)44-9-41-15-23(32)35-6-38-26(15)44)57-59(50,51)53-2-1-52-10-42-7-39-13-21(30)33-4-36-24(13)42/h4-9,11-12,16-20,27-28,45-46H,1-3,10,29H2,(H,50,51)(H2,30,33,36)(H2,31,34,37)(H2,32,35,38)(H2,47,48,49)/p-1. The molecule has 6 aromatic heterocycles. The zero-order chi connectivity index (χ0) is 41.8. The Kier molecular flexibility index (Phi) is 11.0. The topological polar surface area (TPSA) is 428 Å². The number of imidazole rings is 3. The molecule has 29 nitrogen and oxygen atoms in total. The van der Waals surface area contributed by atoms with Crippen molar-refractivity contribution in [1.29, 1.82) is 0 Å². The van der Waals surface area contributed by atoms with E-state index < -0.39 is 77.2 Å². The van der Waals surface area contributed by atoms with Crippen LogP contribution in [0.1, 0.15) is 12.5 Å². The van der Waals surface area contributed by atoms with Crippen LogP contribution < -0.4 is 27.8 Å². The quantitative estimate of drug-likeness (QED) is 0.0369. The van der Waals surface area contributed by atoms with Crippen molar-refractivity contribution in [2.24, 2.45) is 11.7 Å². The summed E-state index contributed by atoms with van der Waals surface area (Å²) in [5.74, 6) is -1.50. The summed E-state index contributed by atoms with van der Waals surface area (Å²) >= 11 is 0. The number of hydrogen-bond donors (Lipinski definition) is 8. The number of ether oxygens (including phenoxy) is 3. The summed E-state index contributed by atoms with van der Waals surface area (Å²) in [7, 11) is -10.9. The first-order valence-electron chi connectivity index (χ1n) is 17.3. The lowest BCUT2D eigenvalue weighted by Gasteiger charge is -2.36. The molecular weight excluding hydrogens is 830 g/mol. The van der Waals surface area contributed by atoms with Crippen LogP contribution >= 0.6 is 15.6 Å². The van der Waals surface area contributed by atoms with Crippen LogP contribution in [-0.4, -0.2) is 135 Å². The molecule has 6 aromatic rings. The van der Waals surface area contributed by atoms with Crippen LogP contribution in [-0.2, 0) is 43.6 Å². The van der Waals surface area contributed by atoms with Crippen molar-refractivity contribution in [2.45, 2.75) is 55.8 Å². The van der Waals surface area contributed by atoms with Crippen LogP contribution in [0, 0.1) is 5.92 Å². The van der Waals surface area contributed by atoms with Crippen LogP contribution in [0.25, 0.3) is 33.5 Å². The molecule has 2 saturated heterocycles. The summed E-state index contributed by atoms with van der Waals surface area (Å²) in [6, 6.07) is 0. The van der Waals surface area contributed by atoms with Gasteiger partial charge in [-0.05, 0) is 0 Å². The van der Waals surface area contributed by atoms with Crippen LogP contribution in [0.2, 0.25) is 0 Å². The van der Waals surface area contributed by atoms with E-state index >= 15 is 0 Å². The third-order valence-electron chi connectivity index (χ3n) is 9.58. The molecule has 8 heterocycles. The van der Waals surface area contributed by atoms with Crippen molar-refractivity contribution >= 4 is 66.6 Å². The van der Waals surface area contributed by atoms with E-state index in [9.17, 15) is 34.0 Å². The fourth-order valence-electron chi connectivity index (χ4n) is 7.02. The number of nitrogens with zero attached hydrogens (tertiary/aromatic N) is 12. The molecule has 0 bridgehead atoms. The van der Waals surface area contributed by atoms with Crippen molar-refractivity contribution in [1.82, 2.24) is 58.6 Å². The normalized spacial score (nSPS) is 27.4. The van der Waals surface area contributed by atoms with Crippen molar-refractivity contribution in [2.75, 3.05) is 37.0 Å². The zero-order valence-electron chi connectivity index (χ0n) is 30.0. The molecule has 12 N–H and O–H groups in total. The van der Waals surface area contributed by atoms with Crippen LogP contribution in [0.5, 0.6) is 0 Å². The Hall–Kier alpha value is -4.97. The summed E-state index contributed by atoms with van der Waals surface area (Å²) in [5.41, 5.74) is 24.6. The maximum Gasteiger partial charge on any atom is 0.472 e. The van der Waals surface area contributed by atoms with Gasteiger partial charge in [0.15, 0.2) is 40.6 Å². The average molecular weight is 866 g/mol. The minimum absolute atomic E-state index is 0.00770. The van der Waals surface area contributed by atoms with E-state index in [0.29, 0.717) is 11.2 Å². The monoisotopic (exact) mass is 865 g/mol. The van der Waals surface area contributed by atoms with Crippen LogP contribution in [0.3, 0.4) is 0 Å². The Labute approximate surface area is 329 Å². The summed E-state index contributed by atoms with van der Waals surface area (Å²) in [4.78, 5) is 70.2. The van der Waals surface area contributed by atoms with Gasteiger partial charge in [-0.25, -0.2) is 49.4 Å². The number of hydrogen-bond acceptors (Lipinski definition) is 24. The first kappa shape index (κ1) is 40.8. The molecule has 11 atom stereocenters. The molecule has 2 fully saturated rings. The van der Waals surface area contributed by atoms with Gasteiger partial charge in [0, 0.05) is 6.54 Å². The van der Waals surface area contributed by atoms with E-state index in [1.165, 1.54) is 28.1 Å². The number of nitrogens with two attached hydrogens (primary N) is 4. The highest BCUT2D eigenvalue weighted by Gasteiger charge is 2.59. The fraction of sp³-hybridized carbons (Fsp3) is 0.464. The number of rotatable bonds is 15. The number of phosphoric ester groups is 2. The van der Waals surface area contributed by atoms with E-state index in [1.807, 2.05) is 0 Å². The lowest BCUT2D eigenvalue weighted by Crippen LogP contribution is -2.49. The second kappa shape index (κ2) is 15.9. The zero-order valence-corrected chi connectivity index (χ0v) is 31.8. The first-order valence-corrected chi connectivity index (χ1v) is 20.2. The molecule has 0 radical (unpaired) electrons. The van der Waals surface area contributed by atoms with Gasteiger partial charge in [0.25, 0.3) is 7.82 Å². The van der Waals surface area contributed by atoms with Crippen LogP contribution in [0.15, 0.2) is 38.0 Å². The SMILES string of the molecule is NCC1OC(n2cnc3c(N)ncnc32)C(C(OP(=O)([O-])O)C2OC(n3cnc4c(N)ncnc43)C(OP(=O)(O)OCCOCn3cnc4c(N)ncnc43)C2O)C1O. The van der Waals surface area contributed by atoms with Crippen molar-refractivity contribution in [3.8, 4) is 0 Å². The van der Waals surface area contributed by atoms with Gasteiger partial charge in [0.1, 0.15) is 72.9 Å². The fourth-order valence-corrected chi connectivity index (χ4v) is 8.49. The molecular formula is C28H35N16O13P2-. The number of aromatic nitrogens is 12. The molecule has 59 heavy (non-hydrogen) atoms. The number of fused-ring (bicyclic) bond motifs is 3. The van der Waals surface area contributed by atoms with Gasteiger partial charge in [0.05, 0.1) is 50.3 Å². The largest absolute Gasteiger partial charge is 0.756 e. The molecule has 11 unspecified atom stereocenters. The molecule has 0 aromatic carbocycles. The van der Waals surface area contributed by atoms with Crippen LogP contribution in [0.4, 0.5) is 17.5 Å². The van der Waals surface area contributed by atoms with E-state index in [0.717, 1.165) is 23.5 Å². The smallest absolute Gasteiger partial charge is 0.472 e. The predicted octanol–water partition coefficient (Wildman–Crippen LogP) is -3.33. The Morgan fingerprint density at radius 2 is 1.32 bits per heavy atom. The Balaban J connectivity index is 1.09. The predicted molar refractivity (Wildman–Crippen MR) is 193 cm³/mol. The van der Waals surface area contributed by atoms with E-state index in [2.05, 4.69) is 44.9 Å². The summed E-state index contributed by atoms with van der Waals surface area (Å²) in [5, 5.41) is 23.6. The van der Waals surface area contributed by atoms with Gasteiger partial charge in [-0.15, -0.1) is 0 Å². The third kappa shape index (κ3) is 7.80. The molecule has 31 heteroatoms. The molecule has 316 valence electrons. The molecule has 2 aliphatic rings. The van der Waals surface area contributed by atoms with Gasteiger partial charge in [-0.3, -0.25) is 27.3 Å². The summed E-state index contributed by atoms with van der Waals surface area (Å²) in [6.07, 6.45) is -6.78. The van der Waals surface area contributed by atoms with E-state index in [1.54, 1.807) is 0 Å². The molecule has 0 saturated carbocycles. The van der Waals surface area contributed by atoms with Gasteiger partial charge in [0.2, 0.25) is 0 Å². The number of aliphatic hydroxyl groups is 2. The Bertz CT molecular complexity index is 2570. The number of nitrogen functional groups attached to an aromatic ring is 3. The highest BCUT2D eigenvalue weighted by molar-refractivity contribution is 7.47. The van der Waals surface area contributed by atoms with Gasteiger partial charge < -0.3 is 66.6 Å². The highest BCUT2D eigenvalue weighted by atomic mass is 31.2. The van der Waals surface area contributed by atoms with Gasteiger partial charge >= 0.3 is 7.82 Å². The maximum absolute atomic E-state index is 13.5. The van der Waals surface area contributed by atoms with E-state index in [4.69, 9.17) is 50.7 Å². The van der Waals surface area contributed by atoms with Gasteiger partial charge in [-0.1, -0.05) is 0 Å². The third-order valence-corrected chi connectivity index (χ3v) is 11.1. The second-order valence-electron chi connectivity index (χ2n) is 13.1. The minimum Gasteiger partial charge on any atom is -0.756 e. The average Bonchev–Trinajstić information content (AvgIpc) is 4.02. The Morgan fingerprint density at radius 1 is 0.763 bits per heavy atom.